The number of nitrogens with zero attached hydrogens (tertiary/aromatic N) is 1. The molecule has 0 aromatic heterocycles. The van der Waals surface area contributed by atoms with Crippen molar-refractivity contribution in [2.24, 2.45) is 0 Å². The van der Waals surface area contributed by atoms with E-state index in [2.05, 4.69) is 37.8 Å². The van der Waals surface area contributed by atoms with Gasteiger partial charge in [0, 0.05) is 23.5 Å². The van der Waals surface area contributed by atoms with Crippen molar-refractivity contribution in [3.63, 3.8) is 0 Å². The largest absolute Gasteiger partial charge is 0.392 e. The summed E-state index contributed by atoms with van der Waals surface area (Å²) in [7, 11) is 0. The molecule has 0 fully saturated rings. The highest BCUT2D eigenvalue weighted by molar-refractivity contribution is 5.72. The standard InChI is InChI=1S/C19H22FNO/c1-13-6-4-5-7-17(13)21-9-8-19(2,3)15-11-16(20)14(12-22)10-18(15)21/h4-7,10-11,22H,8-9,12H2,1-3H3. The van der Waals surface area contributed by atoms with Gasteiger partial charge in [-0.25, -0.2) is 4.39 Å². The molecule has 1 aliphatic heterocycles. The van der Waals surface area contributed by atoms with Crippen molar-refractivity contribution in [3.05, 3.63) is 58.9 Å². The molecule has 0 aliphatic carbocycles. The predicted molar refractivity (Wildman–Crippen MR) is 88.2 cm³/mol. The normalized spacial score (nSPS) is 16.5. The minimum Gasteiger partial charge on any atom is -0.392 e. The van der Waals surface area contributed by atoms with E-state index in [1.165, 1.54) is 5.56 Å². The summed E-state index contributed by atoms with van der Waals surface area (Å²) in [6, 6.07) is 11.6. The zero-order valence-electron chi connectivity index (χ0n) is 13.4. The van der Waals surface area contributed by atoms with Crippen molar-refractivity contribution >= 4 is 11.4 Å². The van der Waals surface area contributed by atoms with Crippen molar-refractivity contribution in [3.8, 4) is 0 Å². The van der Waals surface area contributed by atoms with Crippen LogP contribution in [-0.2, 0) is 12.0 Å². The van der Waals surface area contributed by atoms with Gasteiger partial charge in [-0.05, 0) is 48.1 Å². The molecule has 0 bridgehead atoms. The monoisotopic (exact) mass is 299 g/mol. The highest BCUT2D eigenvalue weighted by Crippen LogP contribution is 2.44. The molecule has 0 radical (unpaired) electrons. The number of anilines is 2. The average molecular weight is 299 g/mol. The van der Waals surface area contributed by atoms with Crippen LogP contribution in [0.2, 0.25) is 0 Å². The number of fused-ring (bicyclic) bond motifs is 1. The second kappa shape index (κ2) is 5.40. The van der Waals surface area contributed by atoms with E-state index in [0.29, 0.717) is 5.56 Å². The van der Waals surface area contributed by atoms with E-state index in [9.17, 15) is 9.50 Å². The molecule has 1 N–H and O–H groups in total. The summed E-state index contributed by atoms with van der Waals surface area (Å²) in [6.45, 7) is 7.01. The maximum atomic E-state index is 14.2. The van der Waals surface area contributed by atoms with Gasteiger partial charge in [0.05, 0.1) is 6.61 Å². The Hall–Kier alpha value is -1.87. The molecule has 2 nitrogen and oxygen atoms in total. The molecule has 0 atom stereocenters. The fraction of sp³-hybridized carbons (Fsp3) is 0.368. The summed E-state index contributed by atoms with van der Waals surface area (Å²) < 4.78 is 14.2. The molecule has 0 spiro atoms. The Balaban J connectivity index is 2.20. The van der Waals surface area contributed by atoms with E-state index in [-0.39, 0.29) is 17.8 Å². The summed E-state index contributed by atoms with van der Waals surface area (Å²) in [5.41, 5.74) is 4.66. The van der Waals surface area contributed by atoms with Gasteiger partial charge in [-0.3, -0.25) is 0 Å². The smallest absolute Gasteiger partial charge is 0.129 e. The van der Waals surface area contributed by atoms with Crippen molar-refractivity contribution in [1.29, 1.82) is 0 Å². The molecule has 2 aromatic carbocycles. The van der Waals surface area contributed by atoms with Crippen LogP contribution in [0.15, 0.2) is 36.4 Å². The number of hydrogen-bond donors (Lipinski definition) is 1. The number of hydrogen-bond acceptors (Lipinski definition) is 2. The third-order valence-electron chi connectivity index (χ3n) is 4.72. The third-order valence-corrected chi connectivity index (χ3v) is 4.72. The Morgan fingerprint density at radius 3 is 2.59 bits per heavy atom. The van der Waals surface area contributed by atoms with Gasteiger partial charge in [-0.1, -0.05) is 32.0 Å². The molecular weight excluding hydrogens is 277 g/mol. The summed E-state index contributed by atoms with van der Waals surface area (Å²) in [5, 5.41) is 9.40. The number of rotatable bonds is 2. The Labute approximate surface area is 131 Å². The maximum absolute atomic E-state index is 14.2. The zero-order valence-corrected chi connectivity index (χ0v) is 13.4. The molecule has 0 saturated heterocycles. The van der Waals surface area contributed by atoms with E-state index >= 15 is 0 Å². The second-order valence-corrected chi connectivity index (χ2v) is 6.69. The van der Waals surface area contributed by atoms with Gasteiger partial charge in [0.2, 0.25) is 0 Å². The van der Waals surface area contributed by atoms with Gasteiger partial charge in [0.15, 0.2) is 0 Å². The van der Waals surface area contributed by atoms with Gasteiger partial charge in [0.25, 0.3) is 0 Å². The van der Waals surface area contributed by atoms with Crippen LogP contribution in [-0.4, -0.2) is 11.7 Å². The Morgan fingerprint density at radius 2 is 1.91 bits per heavy atom. The number of benzene rings is 2. The Kier molecular flexibility index (Phi) is 3.69. The minimum atomic E-state index is -0.319. The van der Waals surface area contributed by atoms with Crippen LogP contribution in [0.1, 0.15) is 37.0 Å². The first-order chi connectivity index (χ1) is 10.4. The lowest BCUT2D eigenvalue weighted by Crippen LogP contribution is -2.35. The summed E-state index contributed by atoms with van der Waals surface area (Å²) in [5.74, 6) is -0.319. The van der Waals surface area contributed by atoms with Crippen LogP contribution < -0.4 is 4.90 Å². The highest BCUT2D eigenvalue weighted by atomic mass is 19.1. The summed E-state index contributed by atoms with van der Waals surface area (Å²) in [6.07, 6.45) is 0.965. The van der Waals surface area contributed by atoms with Crippen molar-refractivity contribution in [2.75, 3.05) is 11.4 Å². The van der Waals surface area contributed by atoms with Crippen molar-refractivity contribution in [2.45, 2.75) is 39.2 Å². The number of aryl methyl sites for hydroxylation is 1. The number of halogens is 1. The molecule has 22 heavy (non-hydrogen) atoms. The van der Waals surface area contributed by atoms with E-state index in [4.69, 9.17) is 0 Å². The quantitative estimate of drug-likeness (QED) is 0.886. The lowest BCUT2D eigenvalue weighted by molar-refractivity contribution is 0.275. The van der Waals surface area contributed by atoms with Gasteiger partial charge in [-0.15, -0.1) is 0 Å². The number of aliphatic hydroxyl groups is 1. The molecule has 0 unspecified atom stereocenters. The van der Waals surface area contributed by atoms with Crippen LogP contribution in [0.3, 0.4) is 0 Å². The van der Waals surface area contributed by atoms with Crippen LogP contribution in [0.25, 0.3) is 0 Å². The van der Waals surface area contributed by atoms with Crippen LogP contribution in [0.5, 0.6) is 0 Å². The lowest BCUT2D eigenvalue weighted by atomic mass is 9.77. The number of aliphatic hydroxyl groups excluding tert-OH is 1. The summed E-state index contributed by atoms with van der Waals surface area (Å²) in [4.78, 5) is 2.24. The molecule has 0 amide bonds. The zero-order chi connectivity index (χ0) is 15.9. The molecule has 3 heteroatoms. The Bertz CT molecular complexity index is 709. The fourth-order valence-electron chi connectivity index (χ4n) is 3.25. The third kappa shape index (κ3) is 2.40. The average Bonchev–Trinajstić information content (AvgIpc) is 2.49. The first kappa shape index (κ1) is 15.0. The first-order valence-electron chi connectivity index (χ1n) is 7.71. The fourth-order valence-corrected chi connectivity index (χ4v) is 3.25. The summed E-state index contributed by atoms with van der Waals surface area (Å²) >= 11 is 0. The topological polar surface area (TPSA) is 23.5 Å². The van der Waals surface area contributed by atoms with Gasteiger partial charge < -0.3 is 10.0 Å². The van der Waals surface area contributed by atoms with Gasteiger partial charge in [0.1, 0.15) is 5.82 Å². The van der Waals surface area contributed by atoms with E-state index in [1.807, 2.05) is 12.1 Å². The molecular formula is C19H22FNO. The van der Waals surface area contributed by atoms with E-state index in [0.717, 1.165) is 29.9 Å². The van der Waals surface area contributed by atoms with Crippen LogP contribution in [0, 0.1) is 12.7 Å². The molecule has 3 rings (SSSR count). The molecule has 1 aliphatic rings. The van der Waals surface area contributed by atoms with Crippen LogP contribution in [0.4, 0.5) is 15.8 Å². The van der Waals surface area contributed by atoms with Gasteiger partial charge in [-0.2, -0.15) is 0 Å². The van der Waals surface area contributed by atoms with Crippen molar-refractivity contribution in [1.82, 2.24) is 0 Å². The van der Waals surface area contributed by atoms with E-state index in [1.54, 1.807) is 12.1 Å². The molecule has 2 aromatic rings. The van der Waals surface area contributed by atoms with Crippen molar-refractivity contribution < 1.29 is 9.50 Å². The molecule has 0 saturated carbocycles. The first-order valence-corrected chi connectivity index (χ1v) is 7.71. The number of para-hydroxylation sites is 1. The SMILES string of the molecule is Cc1ccccc1N1CCC(C)(C)c2cc(F)c(CO)cc21. The predicted octanol–water partition coefficient (Wildman–Crippen LogP) is 4.45. The minimum absolute atomic E-state index is 0.0661. The Morgan fingerprint density at radius 1 is 1.18 bits per heavy atom. The lowest BCUT2D eigenvalue weighted by Gasteiger charge is -2.41. The maximum Gasteiger partial charge on any atom is 0.129 e. The molecule has 1 heterocycles. The van der Waals surface area contributed by atoms with Gasteiger partial charge >= 0.3 is 0 Å². The highest BCUT2D eigenvalue weighted by Gasteiger charge is 2.33. The van der Waals surface area contributed by atoms with Crippen LogP contribution >= 0.6 is 0 Å². The van der Waals surface area contributed by atoms with E-state index < -0.39 is 0 Å². The molecule has 116 valence electrons. The second-order valence-electron chi connectivity index (χ2n) is 6.69.